The molecule has 0 aliphatic heterocycles. The Morgan fingerprint density at radius 3 is 2.92 bits per heavy atom. The summed E-state index contributed by atoms with van der Waals surface area (Å²) in [4.78, 5) is 6.69. The molecule has 0 aliphatic rings. The van der Waals surface area contributed by atoms with Crippen LogP contribution in [0.1, 0.15) is 5.56 Å². The summed E-state index contributed by atoms with van der Waals surface area (Å²) < 4.78 is 0. The third-order valence-electron chi connectivity index (χ3n) is 1.23. The maximum Gasteiger partial charge on any atom is 0.229 e. The molecule has 58 valence electrons. The van der Waals surface area contributed by atoms with Crippen LogP contribution in [0.5, 0.6) is 0 Å². The van der Waals surface area contributed by atoms with Crippen LogP contribution in [0.25, 0.3) is 4.85 Å². The van der Waals surface area contributed by atoms with Crippen LogP contribution in [-0.2, 0) is 0 Å². The highest BCUT2D eigenvalue weighted by Crippen LogP contribution is 2.25. The van der Waals surface area contributed by atoms with Gasteiger partial charge in [0.15, 0.2) is 0 Å². The Labute approximate surface area is 74.0 Å². The highest BCUT2D eigenvalue weighted by molar-refractivity contribution is 6.30. The summed E-state index contributed by atoms with van der Waals surface area (Å²) >= 11 is 5.54. The molecule has 0 spiro atoms. The predicted octanol–water partition coefficient (Wildman–Crippen LogP) is 1.74. The van der Waals surface area contributed by atoms with Crippen molar-refractivity contribution in [3.8, 4) is 6.07 Å². The molecule has 1 heterocycles. The van der Waals surface area contributed by atoms with Gasteiger partial charge in [-0.25, -0.2) is 9.83 Å². The molecule has 2 N–H and O–H groups in total. The molecule has 0 radical (unpaired) electrons. The maximum absolute atomic E-state index is 8.51. The quantitative estimate of drug-likeness (QED) is 0.486. The number of hydrogen-bond donors (Lipinski definition) is 1. The van der Waals surface area contributed by atoms with E-state index in [1.54, 1.807) is 6.07 Å². The first kappa shape index (κ1) is 8.32. The third-order valence-corrected chi connectivity index (χ3v) is 1.51. The zero-order valence-corrected chi connectivity index (χ0v) is 6.63. The van der Waals surface area contributed by atoms with Crippen molar-refractivity contribution >= 4 is 23.1 Å². The second kappa shape index (κ2) is 3.08. The van der Waals surface area contributed by atoms with Crippen molar-refractivity contribution in [2.45, 2.75) is 0 Å². The van der Waals surface area contributed by atoms with Crippen molar-refractivity contribution < 1.29 is 0 Å². The molecule has 0 atom stereocenters. The van der Waals surface area contributed by atoms with Crippen LogP contribution < -0.4 is 5.73 Å². The Kier molecular flexibility index (Phi) is 2.14. The molecular weight excluding hydrogens is 176 g/mol. The minimum Gasteiger partial charge on any atom is -0.392 e. The molecule has 0 aromatic carbocycles. The summed E-state index contributed by atoms with van der Waals surface area (Å²) in [6.45, 7) is 6.68. The fourth-order valence-corrected chi connectivity index (χ4v) is 0.849. The molecule has 4 nitrogen and oxygen atoms in total. The van der Waals surface area contributed by atoms with Gasteiger partial charge >= 0.3 is 0 Å². The molecule has 1 aromatic heterocycles. The Morgan fingerprint density at radius 1 is 1.75 bits per heavy atom. The molecule has 0 saturated carbocycles. The van der Waals surface area contributed by atoms with Crippen molar-refractivity contribution in [3.05, 3.63) is 28.2 Å². The molecule has 0 amide bonds. The van der Waals surface area contributed by atoms with Crippen LogP contribution in [0.2, 0.25) is 5.15 Å². The molecule has 0 saturated heterocycles. The van der Waals surface area contributed by atoms with Crippen LogP contribution in [0.15, 0.2) is 6.07 Å². The number of nitriles is 1. The minimum atomic E-state index is 0.0300. The van der Waals surface area contributed by atoms with E-state index in [2.05, 4.69) is 9.83 Å². The van der Waals surface area contributed by atoms with Crippen molar-refractivity contribution in [1.82, 2.24) is 4.98 Å². The van der Waals surface area contributed by atoms with Gasteiger partial charge in [-0.1, -0.05) is 11.6 Å². The lowest BCUT2D eigenvalue weighted by atomic mass is 10.3. The lowest BCUT2D eigenvalue weighted by molar-refractivity contribution is 1.32. The van der Waals surface area contributed by atoms with E-state index in [1.165, 1.54) is 6.07 Å². The van der Waals surface area contributed by atoms with Crippen LogP contribution >= 0.6 is 11.6 Å². The zero-order chi connectivity index (χ0) is 9.14. The first-order valence-electron chi connectivity index (χ1n) is 2.92. The topological polar surface area (TPSA) is 67.1 Å². The minimum absolute atomic E-state index is 0.0300. The van der Waals surface area contributed by atoms with Crippen LogP contribution in [0, 0.1) is 17.9 Å². The number of pyridine rings is 1. The summed E-state index contributed by atoms with van der Waals surface area (Å²) in [6.07, 6.45) is 0. The van der Waals surface area contributed by atoms with Gasteiger partial charge in [0.25, 0.3) is 0 Å². The summed E-state index contributed by atoms with van der Waals surface area (Å²) in [7, 11) is 0. The number of rotatable bonds is 0. The SMILES string of the molecule is [C-]#[N+]c1cc(C#N)c(Cl)nc1N. The van der Waals surface area contributed by atoms with E-state index >= 15 is 0 Å². The fourth-order valence-electron chi connectivity index (χ4n) is 0.661. The van der Waals surface area contributed by atoms with Crippen molar-refractivity contribution in [2.24, 2.45) is 0 Å². The maximum atomic E-state index is 8.51. The van der Waals surface area contributed by atoms with E-state index in [0.717, 1.165) is 0 Å². The van der Waals surface area contributed by atoms with Gasteiger partial charge < -0.3 is 5.73 Å². The van der Waals surface area contributed by atoms with Gasteiger partial charge in [0.2, 0.25) is 5.69 Å². The lowest BCUT2D eigenvalue weighted by Gasteiger charge is -1.98. The predicted molar refractivity (Wildman–Crippen MR) is 44.6 cm³/mol. The summed E-state index contributed by atoms with van der Waals surface area (Å²) in [5.41, 5.74) is 5.65. The van der Waals surface area contributed by atoms with Crippen LogP contribution in [0.3, 0.4) is 0 Å². The van der Waals surface area contributed by atoms with Crippen molar-refractivity contribution in [2.75, 3.05) is 5.73 Å². The molecule has 0 bridgehead atoms. The lowest BCUT2D eigenvalue weighted by Crippen LogP contribution is -1.92. The normalized spacial score (nSPS) is 8.58. The van der Waals surface area contributed by atoms with Gasteiger partial charge in [0, 0.05) is 0 Å². The highest BCUT2D eigenvalue weighted by Gasteiger charge is 2.06. The highest BCUT2D eigenvalue weighted by atomic mass is 35.5. The monoisotopic (exact) mass is 178 g/mol. The number of nitrogen functional groups attached to an aromatic ring is 1. The number of nitrogens with zero attached hydrogens (tertiary/aromatic N) is 3. The van der Waals surface area contributed by atoms with Crippen LogP contribution in [-0.4, -0.2) is 4.98 Å². The standard InChI is InChI=1S/C7H3ClN4/c1-11-5-2-4(3-9)6(8)12-7(5)10/h2H,(H2,10,12). The first-order valence-corrected chi connectivity index (χ1v) is 3.30. The largest absolute Gasteiger partial charge is 0.392 e. The van der Waals surface area contributed by atoms with Gasteiger partial charge in [-0.3, -0.25) is 0 Å². The Bertz CT molecular complexity index is 364. The van der Waals surface area contributed by atoms with Crippen molar-refractivity contribution in [3.63, 3.8) is 0 Å². The van der Waals surface area contributed by atoms with Gasteiger partial charge in [-0.15, -0.1) is 0 Å². The third kappa shape index (κ3) is 1.29. The van der Waals surface area contributed by atoms with Crippen molar-refractivity contribution in [1.29, 1.82) is 5.26 Å². The van der Waals surface area contributed by atoms with Gasteiger partial charge in [-0.05, 0) is 6.07 Å². The van der Waals surface area contributed by atoms with E-state index in [9.17, 15) is 0 Å². The number of aromatic nitrogens is 1. The summed E-state index contributed by atoms with van der Waals surface area (Å²) in [5.74, 6) is 0.0500. The van der Waals surface area contributed by atoms with E-state index in [4.69, 9.17) is 29.2 Å². The fraction of sp³-hybridized carbons (Fsp3) is 0. The summed E-state index contributed by atoms with van der Waals surface area (Å²) in [5, 5.41) is 8.54. The molecule has 1 aromatic rings. The molecule has 5 heteroatoms. The Morgan fingerprint density at radius 2 is 2.42 bits per heavy atom. The molecular formula is C7H3ClN4. The van der Waals surface area contributed by atoms with Gasteiger partial charge in [0.05, 0.1) is 12.1 Å². The molecule has 0 aliphatic carbocycles. The average molecular weight is 179 g/mol. The number of anilines is 1. The van der Waals surface area contributed by atoms with Gasteiger partial charge in [0.1, 0.15) is 17.0 Å². The number of hydrogen-bond acceptors (Lipinski definition) is 3. The van der Waals surface area contributed by atoms with E-state index in [1.807, 2.05) is 0 Å². The summed E-state index contributed by atoms with van der Waals surface area (Å²) in [6, 6.07) is 3.12. The Hall–Kier alpha value is -1.78. The molecule has 0 unspecified atom stereocenters. The van der Waals surface area contributed by atoms with E-state index < -0.39 is 0 Å². The second-order valence-electron chi connectivity index (χ2n) is 1.95. The molecule has 12 heavy (non-hydrogen) atoms. The first-order chi connectivity index (χ1) is 5.69. The smallest absolute Gasteiger partial charge is 0.229 e. The van der Waals surface area contributed by atoms with E-state index in [0.29, 0.717) is 0 Å². The average Bonchev–Trinajstić information content (AvgIpc) is 2.05. The molecule has 0 fully saturated rings. The number of nitrogens with two attached hydrogens (primary N) is 1. The van der Waals surface area contributed by atoms with Gasteiger partial charge in [-0.2, -0.15) is 5.26 Å². The second-order valence-corrected chi connectivity index (χ2v) is 2.31. The zero-order valence-electron chi connectivity index (χ0n) is 5.87. The number of halogens is 1. The Balaban J connectivity index is 3.42. The molecule has 1 rings (SSSR count). The van der Waals surface area contributed by atoms with Crippen LogP contribution in [0.4, 0.5) is 11.5 Å². The van der Waals surface area contributed by atoms with E-state index in [-0.39, 0.29) is 22.2 Å².